The number of rotatable bonds is 5. The van der Waals surface area contributed by atoms with Gasteiger partial charge in [-0.1, -0.05) is 0 Å². The Hall–Kier alpha value is -0.323. The van der Waals surface area contributed by atoms with Crippen LogP contribution in [0.25, 0.3) is 0 Å². The molecule has 1 rings (SSSR count). The lowest BCUT2D eigenvalue weighted by molar-refractivity contribution is -0.155. The van der Waals surface area contributed by atoms with E-state index in [1.54, 1.807) is 0 Å². The third-order valence-electron chi connectivity index (χ3n) is 2.26. The van der Waals surface area contributed by atoms with Crippen LogP contribution in [0, 0.1) is 0 Å². The van der Waals surface area contributed by atoms with Gasteiger partial charge in [-0.3, -0.25) is 0 Å². The normalized spacial score (nSPS) is 23.2. The SMILES string of the molecule is C/C(=C/COC1CCCCO1)O[Si](C)(C)C. The molecule has 0 saturated carbocycles. The van der Waals surface area contributed by atoms with E-state index in [-0.39, 0.29) is 6.29 Å². The Labute approximate surface area is 99.9 Å². The topological polar surface area (TPSA) is 27.7 Å². The van der Waals surface area contributed by atoms with Gasteiger partial charge in [0.05, 0.1) is 12.4 Å². The fourth-order valence-electron chi connectivity index (χ4n) is 1.64. The van der Waals surface area contributed by atoms with Crippen LogP contribution >= 0.6 is 0 Å². The van der Waals surface area contributed by atoms with E-state index >= 15 is 0 Å². The number of ether oxygens (including phenoxy) is 2. The van der Waals surface area contributed by atoms with Crippen molar-refractivity contribution in [3.05, 3.63) is 11.8 Å². The summed E-state index contributed by atoms with van der Waals surface area (Å²) in [4.78, 5) is 0. The van der Waals surface area contributed by atoms with Crippen molar-refractivity contribution in [2.75, 3.05) is 13.2 Å². The minimum absolute atomic E-state index is 0.00955. The highest BCUT2D eigenvalue weighted by atomic mass is 28.4. The Kier molecular flexibility index (Phi) is 5.51. The summed E-state index contributed by atoms with van der Waals surface area (Å²) in [7, 11) is -1.46. The van der Waals surface area contributed by atoms with Crippen molar-refractivity contribution < 1.29 is 13.9 Å². The molecule has 1 saturated heterocycles. The first-order chi connectivity index (χ1) is 7.47. The van der Waals surface area contributed by atoms with Crippen LogP contribution in [0.5, 0.6) is 0 Å². The summed E-state index contributed by atoms with van der Waals surface area (Å²) < 4.78 is 16.9. The van der Waals surface area contributed by atoms with E-state index in [9.17, 15) is 0 Å². The quantitative estimate of drug-likeness (QED) is 0.548. The fraction of sp³-hybridized carbons (Fsp3) is 0.833. The minimum Gasteiger partial charge on any atom is -0.548 e. The van der Waals surface area contributed by atoms with E-state index in [1.165, 1.54) is 6.42 Å². The lowest BCUT2D eigenvalue weighted by Crippen LogP contribution is -2.25. The zero-order valence-corrected chi connectivity index (χ0v) is 11.9. The average molecular weight is 244 g/mol. The van der Waals surface area contributed by atoms with Gasteiger partial charge in [-0.05, 0) is 51.9 Å². The van der Waals surface area contributed by atoms with Gasteiger partial charge in [0.15, 0.2) is 6.29 Å². The number of hydrogen-bond donors (Lipinski definition) is 0. The summed E-state index contributed by atoms with van der Waals surface area (Å²) in [6.07, 6.45) is 5.37. The van der Waals surface area contributed by atoms with Crippen LogP contribution in [0.15, 0.2) is 11.8 Å². The zero-order chi connectivity index (χ0) is 12.0. The highest BCUT2D eigenvalue weighted by molar-refractivity contribution is 6.70. The van der Waals surface area contributed by atoms with Crippen molar-refractivity contribution in [3.8, 4) is 0 Å². The maximum absolute atomic E-state index is 5.81. The molecule has 1 aliphatic rings. The van der Waals surface area contributed by atoms with Gasteiger partial charge in [-0.15, -0.1) is 0 Å². The van der Waals surface area contributed by atoms with Gasteiger partial charge in [-0.2, -0.15) is 0 Å². The van der Waals surface area contributed by atoms with Gasteiger partial charge in [0, 0.05) is 6.61 Å². The van der Waals surface area contributed by atoms with Crippen LogP contribution in [0.1, 0.15) is 26.2 Å². The van der Waals surface area contributed by atoms with Gasteiger partial charge in [0.25, 0.3) is 0 Å². The van der Waals surface area contributed by atoms with E-state index in [4.69, 9.17) is 13.9 Å². The van der Waals surface area contributed by atoms with E-state index < -0.39 is 8.32 Å². The molecule has 1 fully saturated rings. The molecule has 0 spiro atoms. The summed E-state index contributed by atoms with van der Waals surface area (Å²) in [5.41, 5.74) is 0. The molecule has 16 heavy (non-hydrogen) atoms. The summed E-state index contributed by atoms with van der Waals surface area (Å²) in [5.74, 6) is 0.968. The summed E-state index contributed by atoms with van der Waals surface area (Å²) in [5, 5.41) is 0. The van der Waals surface area contributed by atoms with Crippen LogP contribution in [0.4, 0.5) is 0 Å². The molecule has 1 atom stereocenters. The molecule has 0 aromatic heterocycles. The lowest BCUT2D eigenvalue weighted by Gasteiger charge is -2.23. The van der Waals surface area contributed by atoms with Gasteiger partial charge in [0.2, 0.25) is 8.32 Å². The molecule has 0 radical (unpaired) electrons. The first-order valence-electron chi connectivity index (χ1n) is 6.06. The molecule has 4 heteroatoms. The average Bonchev–Trinajstić information content (AvgIpc) is 2.16. The molecule has 94 valence electrons. The molecular weight excluding hydrogens is 220 g/mol. The van der Waals surface area contributed by atoms with E-state index in [1.807, 2.05) is 13.0 Å². The molecular formula is C12H24O3Si. The second-order valence-electron chi connectivity index (χ2n) is 5.16. The van der Waals surface area contributed by atoms with Crippen molar-refractivity contribution in [3.63, 3.8) is 0 Å². The van der Waals surface area contributed by atoms with Crippen molar-refractivity contribution in [1.82, 2.24) is 0 Å². The number of allylic oxidation sites excluding steroid dienone is 1. The van der Waals surface area contributed by atoms with Crippen molar-refractivity contribution in [1.29, 1.82) is 0 Å². The van der Waals surface area contributed by atoms with Gasteiger partial charge < -0.3 is 13.9 Å². The second-order valence-corrected chi connectivity index (χ2v) is 9.59. The predicted molar refractivity (Wildman–Crippen MR) is 67.7 cm³/mol. The van der Waals surface area contributed by atoms with Crippen LogP contribution < -0.4 is 0 Å². The van der Waals surface area contributed by atoms with Gasteiger partial charge in [-0.25, -0.2) is 0 Å². The molecule has 0 N–H and O–H groups in total. The maximum atomic E-state index is 5.81. The van der Waals surface area contributed by atoms with Crippen molar-refractivity contribution in [2.24, 2.45) is 0 Å². The Morgan fingerprint density at radius 1 is 1.38 bits per heavy atom. The van der Waals surface area contributed by atoms with E-state index in [2.05, 4.69) is 19.6 Å². The van der Waals surface area contributed by atoms with Crippen molar-refractivity contribution in [2.45, 2.75) is 52.1 Å². The zero-order valence-electron chi connectivity index (χ0n) is 10.9. The second kappa shape index (κ2) is 6.42. The van der Waals surface area contributed by atoms with Gasteiger partial charge >= 0.3 is 0 Å². The standard InChI is InChI=1S/C12H24O3Si/c1-11(15-16(2,3)4)8-10-14-12-7-5-6-9-13-12/h8,12H,5-7,9-10H2,1-4H3/b11-8-. The molecule has 0 amide bonds. The molecule has 0 aliphatic carbocycles. The first-order valence-corrected chi connectivity index (χ1v) is 9.47. The third kappa shape index (κ3) is 6.30. The molecule has 0 bridgehead atoms. The molecule has 0 aromatic rings. The smallest absolute Gasteiger partial charge is 0.241 e. The molecule has 1 heterocycles. The third-order valence-corrected chi connectivity index (χ3v) is 3.19. The molecule has 1 aliphatic heterocycles. The highest BCUT2D eigenvalue weighted by Gasteiger charge is 2.16. The monoisotopic (exact) mass is 244 g/mol. The molecule has 0 aromatic carbocycles. The fourth-order valence-corrected chi connectivity index (χ4v) is 2.69. The Balaban J connectivity index is 2.19. The Bertz CT molecular complexity index is 227. The van der Waals surface area contributed by atoms with Crippen molar-refractivity contribution >= 4 is 8.32 Å². The summed E-state index contributed by atoms with van der Waals surface area (Å²) in [6, 6.07) is 0. The minimum atomic E-state index is -1.46. The summed E-state index contributed by atoms with van der Waals surface area (Å²) in [6.45, 7) is 9.93. The Morgan fingerprint density at radius 3 is 2.69 bits per heavy atom. The Morgan fingerprint density at radius 2 is 2.12 bits per heavy atom. The predicted octanol–water partition coefficient (Wildman–Crippen LogP) is 3.28. The lowest BCUT2D eigenvalue weighted by atomic mass is 10.2. The first kappa shape index (κ1) is 13.7. The number of hydrogen-bond acceptors (Lipinski definition) is 3. The van der Waals surface area contributed by atoms with Crippen LogP contribution in [0.2, 0.25) is 19.6 Å². The molecule has 1 unspecified atom stereocenters. The van der Waals surface area contributed by atoms with Crippen LogP contribution in [-0.4, -0.2) is 27.8 Å². The molecule has 3 nitrogen and oxygen atoms in total. The maximum Gasteiger partial charge on any atom is 0.241 e. The van der Waals surface area contributed by atoms with E-state index in [0.29, 0.717) is 6.61 Å². The van der Waals surface area contributed by atoms with Crippen LogP contribution in [-0.2, 0) is 13.9 Å². The van der Waals surface area contributed by atoms with Crippen LogP contribution in [0.3, 0.4) is 0 Å². The highest BCUT2D eigenvalue weighted by Crippen LogP contribution is 2.14. The van der Waals surface area contributed by atoms with E-state index in [0.717, 1.165) is 25.2 Å². The summed E-state index contributed by atoms with van der Waals surface area (Å²) >= 11 is 0. The largest absolute Gasteiger partial charge is 0.548 e. The van der Waals surface area contributed by atoms with Gasteiger partial charge in [0.1, 0.15) is 0 Å².